The fourth-order valence-corrected chi connectivity index (χ4v) is 2.59. The lowest BCUT2D eigenvalue weighted by molar-refractivity contribution is -0.152. The van der Waals surface area contributed by atoms with Gasteiger partial charge in [0.05, 0.1) is 40.5 Å². The zero-order valence-electron chi connectivity index (χ0n) is 17.1. The SMILES string of the molecule is COc1ccc(OC)c(NC(=O)C(C)OC(=O)Cc2ccc(OC)cc2OC)c1. The van der Waals surface area contributed by atoms with Gasteiger partial charge in [-0.05, 0) is 25.1 Å². The maximum atomic E-state index is 12.4. The van der Waals surface area contributed by atoms with E-state index in [1.54, 1.807) is 43.5 Å². The quantitative estimate of drug-likeness (QED) is 0.644. The Kier molecular flexibility index (Phi) is 7.70. The van der Waals surface area contributed by atoms with Crippen LogP contribution in [0.3, 0.4) is 0 Å². The van der Waals surface area contributed by atoms with E-state index in [1.807, 2.05) is 0 Å². The summed E-state index contributed by atoms with van der Waals surface area (Å²) in [6, 6.07) is 10.1. The van der Waals surface area contributed by atoms with Gasteiger partial charge in [0.2, 0.25) is 0 Å². The first-order valence-electron chi connectivity index (χ1n) is 8.85. The van der Waals surface area contributed by atoms with Crippen LogP contribution >= 0.6 is 0 Å². The first kappa shape index (κ1) is 21.9. The average Bonchev–Trinajstić information content (AvgIpc) is 2.73. The van der Waals surface area contributed by atoms with Gasteiger partial charge in [-0.3, -0.25) is 9.59 Å². The van der Waals surface area contributed by atoms with Crippen molar-refractivity contribution in [3.05, 3.63) is 42.0 Å². The van der Waals surface area contributed by atoms with Crippen molar-refractivity contribution < 1.29 is 33.3 Å². The van der Waals surface area contributed by atoms with E-state index in [2.05, 4.69) is 5.32 Å². The summed E-state index contributed by atoms with van der Waals surface area (Å²) >= 11 is 0. The van der Waals surface area contributed by atoms with Crippen molar-refractivity contribution in [3.8, 4) is 23.0 Å². The molecule has 0 saturated carbocycles. The number of carbonyl (C=O) groups is 2. The van der Waals surface area contributed by atoms with Crippen molar-refractivity contribution in [3.63, 3.8) is 0 Å². The number of carbonyl (C=O) groups excluding carboxylic acids is 2. The smallest absolute Gasteiger partial charge is 0.311 e. The van der Waals surface area contributed by atoms with Crippen molar-refractivity contribution in [1.29, 1.82) is 0 Å². The number of anilines is 1. The first-order valence-corrected chi connectivity index (χ1v) is 8.85. The lowest BCUT2D eigenvalue weighted by Gasteiger charge is -2.16. The van der Waals surface area contributed by atoms with Gasteiger partial charge in [0.25, 0.3) is 5.91 Å². The fourth-order valence-electron chi connectivity index (χ4n) is 2.59. The predicted octanol–water partition coefficient (Wildman–Crippen LogP) is 2.83. The Morgan fingerprint density at radius 1 is 0.862 bits per heavy atom. The lowest BCUT2D eigenvalue weighted by Crippen LogP contribution is -2.30. The molecule has 2 aromatic rings. The van der Waals surface area contributed by atoms with Crippen molar-refractivity contribution >= 4 is 17.6 Å². The second-order valence-electron chi connectivity index (χ2n) is 6.04. The summed E-state index contributed by atoms with van der Waals surface area (Å²) in [7, 11) is 6.05. The van der Waals surface area contributed by atoms with Crippen molar-refractivity contribution in [2.75, 3.05) is 33.8 Å². The molecule has 1 atom stereocenters. The average molecular weight is 403 g/mol. The number of nitrogens with one attached hydrogen (secondary N) is 1. The van der Waals surface area contributed by atoms with Gasteiger partial charge in [0.1, 0.15) is 23.0 Å². The molecule has 0 fully saturated rings. The second kappa shape index (κ2) is 10.2. The zero-order chi connectivity index (χ0) is 21.4. The molecule has 1 amide bonds. The van der Waals surface area contributed by atoms with Crippen LogP contribution in [0.1, 0.15) is 12.5 Å². The van der Waals surface area contributed by atoms with Crippen LogP contribution in [-0.4, -0.2) is 46.4 Å². The summed E-state index contributed by atoms with van der Waals surface area (Å²) in [6.45, 7) is 1.49. The van der Waals surface area contributed by atoms with E-state index < -0.39 is 18.0 Å². The van der Waals surface area contributed by atoms with Gasteiger partial charge in [-0.2, -0.15) is 0 Å². The molecule has 2 rings (SSSR count). The van der Waals surface area contributed by atoms with Gasteiger partial charge in [-0.25, -0.2) is 0 Å². The Labute approximate surface area is 169 Å². The topological polar surface area (TPSA) is 92.3 Å². The van der Waals surface area contributed by atoms with E-state index in [0.717, 1.165) is 0 Å². The largest absolute Gasteiger partial charge is 0.497 e. The van der Waals surface area contributed by atoms with E-state index in [-0.39, 0.29) is 6.42 Å². The van der Waals surface area contributed by atoms with Crippen LogP contribution < -0.4 is 24.3 Å². The Morgan fingerprint density at radius 3 is 2.10 bits per heavy atom. The molecule has 0 saturated heterocycles. The minimum atomic E-state index is -1.01. The summed E-state index contributed by atoms with van der Waals surface area (Å²) in [4.78, 5) is 24.7. The molecule has 8 heteroatoms. The van der Waals surface area contributed by atoms with E-state index in [0.29, 0.717) is 34.2 Å². The van der Waals surface area contributed by atoms with Gasteiger partial charge in [0, 0.05) is 17.7 Å². The van der Waals surface area contributed by atoms with Crippen LogP contribution in [0.25, 0.3) is 0 Å². The molecule has 0 heterocycles. The van der Waals surface area contributed by atoms with Gasteiger partial charge in [-0.1, -0.05) is 6.07 Å². The van der Waals surface area contributed by atoms with Gasteiger partial charge < -0.3 is 29.0 Å². The van der Waals surface area contributed by atoms with Gasteiger partial charge >= 0.3 is 5.97 Å². The minimum Gasteiger partial charge on any atom is -0.497 e. The number of hydrogen-bond donors (Lipinski definition) is 1. The molecule has 0 aliphatic carbocycles. The Hall–Kier alpha value is -3.42. The second-order valence-corrected chi connectivity index (χ2v) is 6.04. The molecular formula is C21H25NO7. The van der Waals surface area contributed by atoms with Gasteiger partial charge in [0.15, 0.2) is 6.10 Å². The standard InChI is InChI=1S/C21H25NO7/c1-13(21(24)22-17-11-15(25-2)8-9-18(17)27-4)29-20(23)10-14-6-7-16(26-3)12-19(14)28-5/h6-9,11-13H,10H2,1-5H3,(H,22,24). The minimum absolute atomic E-state index is 0.0483. The Bertz CT molecular complexity index is 866. The van der Waals surface area contributed by atoms with Crippen molar-refractivity contribution in [1.82, 2.24) is 0 Å². The maximum Gasteiger partial charge on any atom is 0.311 e. The maximum absolute atomic E-state index is 12.4. The highest BCUT2D eigenvalue weighted by Gasteiger charge is 2.21. The van der Waals surface area contributed by atoms with E-state index in [9.17, 15) is 9.59 Å². The Balaban J connectivity index is 2.02. The summed E-state index contributed by atoms with van der Waals surface area (Å²) in [5, 5.41) is 2.68. The third-order valence-electron chi connectivity index (χ3n) is 4.17. The number of benzene rings is 2. The molecule has 0 radical (unpaired) electrons. The number of methoxy groups -OCH3 is 4. The highest BCUT2D eigenvalue weighted by atomic mass is 16.5. The lowest BCUT2D eigenvalue weighted by atomic mass is 10.1. The molecule has 8 nitrogen and oxygen atoms in total. The molecule has 156 valence electrons. The van der Waals surface area contributed by atoms with E-state index >= 15 is 0 Å². The molecule has 0 spiro atoms. The monoisotopic (exact) mass is 403 g/mol. The number of esters is 1. The molecule has 29 heavy (non-hydrogen) atoms. The molecule has 2 aromatic carbocycles. The summed E-state index contributed by atoms with van der Waals surface area (Å²) in [5.41, 5.74) is 1.04. The van der Waals surface area contributed by atoms with Crippen LogP contribution in [0.5, 0.6) is 23.0 Å². The first-order chi connectivity index (χ1) is 13.9. The molecule has 1 N–H and O–H groups in total. The molecule has 0 aliphatic rings. The van der Waals surface area contributed by atoms with Crippen molar-refractivity contribution in [2.45, 2.75) is 19.4 Å². The number of ether oxygens (including phenoxy) is 5. The normalized spacial score (nSPS) is 11.2. The van der Waals surface area contributed by atoms with E-state index in [1.165, 1.54) is 28.3 Å². The van der Waals surface area contributed by atoms with Crippen LogP contribution in [0.15, 0.2) is 36.4 Å². The van der Waals surface area contributed by atoms with Crippen LogP contribution in [-0.2, 0) is 20.7 Å². The van der Waals surface area contributed by atoms with Crippen LogP contribution in [0.2, 0.25) is 0 Å². The zero-order valence-corrected chi connectivity index (χ0v) is 17.1. The summed E-state index contributed by atoms with van der Waals surface area (Å²) < 4.78 is 26.1. The number of rotatable bonds is 9. The molecular weight excluding hydrogens is 378 g/mol. The number of amides is 1. The number of hydrogen-bond acceptors (Lipinski definition) is 7. The predicted molar refractivity (Wildman–Crippen MR) is 107 cm³/mol. The third-order valence-corrected chi connectivity index (χ3v) is 4.17. The molecule has 0 aromatic heterocycles. The highest BCUT2D eigenvalue weighted by Crippen LogP contribution is 2.29. The van der Waals surface area contributed by atoms with Crippen LogP contribution in [0, 0.1) is 0 Å². The third kappa shape index (κ3) is 5.78. The molecule has 1 unspecified atom stereocenters. The fraction of sp³-hybridized carbons (Fsp3) is 0.333. The highest BCUT2D eigenvalue weighted by molar-refractivity contribution is 5.96. The summed E-state index contributed by atoms with van der Waals surface area (Å²) in [5.74, 6) is 1.07. The van der Waals surface area contributed by atoms with Crippen molar-refractivity contribution in [2.24, 2.45) is 0 Å². The van der Waals surface area contributed by atoms with Gasteiger partial charge in [-0.15, -0.1) is 0 Å². The van der Waals surface area contributed by atoms with E-state index in [4.69, 9.17) is 23.7 Å². The summed E-state index contributed by atoms with van der Waals surface area (Å²) in [6.07, 6.45) is -1.06. The molecule has 0 bridgehead atoms. The molecule has 0 aliphatic heterocycles. The van der Waals surface area contributed by atoms with Crippen LogP contribution in [0.4, 0.5) is 5.69 Å². The Morgan fingerprint density at radius 2 is 1.48 bits per heavy atom.